The van der Waals surface area contributed by atoms with Crippen molar-refractivity contribution in [1.29, 1.82) is 0 Å². The maximum absolute atomic E-state index is 14.7. The number of thiophene rings is 1. The molecule has 200 valence electrons. The van der Waals surface area contributed by atoms with Crippen LogP contribution in [0.3, 0.4) is 0 Å². The van der Waals surface area contributed by atoms with E-state index < -0.39 is 17.5 Å². The summed E-state index contributed by atoms with van der Waals surface area (Å²) in [4.78, 5) is 41.3. The third-order valence-electron chi connectivity index (χ3n) is 6.19. The van der Waals surface area contributed by atoms with Crippen LogP contribution in [0.2, 0.25) is 0 Å². The number of carbonyl (C=O) groups excluding carboxylic acids is 3. The second-order valence-electron chi connectivity index (χ2n) is 11.3. The van der Waals surface area contributed by atoms with Gasteiger partial charge in [-0.3, -0.25) is 9.59 Å². The largest absolute Gasteiger partial charge is 0.444 e. The van der Waals surface area contributed by atoms with Gasteiger partial charge in [-0.25, -0.2) is 9.18 Å². The summed E-state index contributed by atoms with van der Waals surface area (Å²) < 4.78 is 20.8. The molecule has 2 aromatic rings. The fourth-order valence-electron chi connectivity index (χ4n) is 4.48. The number of ether oxygens (including phenoxy) is 1. The molecular formula is C26H32FIN4O4S. The molecule has 2 aliphatic rings. The number of amides is 3. The van der Waals surface area contributed by atoms with Gasteiger partial charge in [0.1, 0.15) is 16.4 Å². The normalized spacial score (nSPS) is 19.1. The molecule has 2 aliphatic heterocycles. The molecule has 0 unspecified atom stereocenters. The summed E-state index contributed by atoms with van der Waals surface area (Å²) in [6, 6.07) is 4.55. The number of nitrogens with zero attached hydrogens (tertiary/aromatic N) is 1. The molecule has 4 rings (SSSR count). The SMILES string of the molecule is CC1(C)CNC(=O)c2sc(Nc3ccc(I)cc3F)c(C(=O)N3CC[C@@H](NC(=O)OC(C)(C)C)C3)c2C1. The Balaban J connectivity index is 1.65. The third kappa shape index (κ3) is 6.54. The second-order valence-corrected chi connectivity index (χ2v) is 13.5. The van der Waals surface area contributed by atoms with Crippen LogP contribution in [0.25, 0.3) is 0 Å². The molecule has 0 aliphatic carbocycles. The van der Waals surface area contributed by atoms with Gasteiger partial charge in [0.2, 0.25) is 0 Å². The molecule has 0 bridgehead atoms. The van der Waals surface area contributed by atoms with Crippen molar-refractivity contribution < 1.29 is 23.5 Å². The molecule has 3 heterocycles. The number of anilines is 2. The lowest BCUT2D eigenvalue weighted by atomic mass is 9.85. The van der Waals surface area contributed by atoms with Gasteiger partial charge >= 0.3 is 6.09 Å². The fourth-order valence-corrected chi connectivity index (χ4v) is 6.07. The first-order valence-electron chi connectivity index (χ1n) is 12.2. The highest BCUT2D eigenvalue weighted by atomic mass is 127. The number of nitrogens with one attached hydrogen (secondary N) is 3. The number of hydrogen-bond acceptors (Lipinski definition) is 6. The minimum atomic E-state index is -0.620. The minimum absolute atomic E-state index is 0.233. The Kier molecular flexibility index (Phi) is 7.76. The van der Waals surface area contributed by atoms with Crippen molar-refractivity contribution in [2.24, 2.45) is 5.41 Å². The van der Waals surface area contributed by atoms with Gasteiger partial charge in [0, 0.05) is 23.2 Å². The van der Waals surface area contributed by atoms with E-state index in [0.717, 1.165) is 3.57 Å². The molecule has 11 heteroatoms. The van der Waals surface area contributed by atoms with Crippen molar-refractivity contribution in [3.05, 3.63) is 43.6 Å². The summed E-state index contributed by atoms with van der Waals surface area (Å²) in [7, 11) is 0. The summed E-state index contributed by atoms with van der Waals surface area (Å²) in [6.45, 7) is 10.7. The summed E-state index contributed by atoms with van der Waals surface area (Å²) in [6.07, 6.45) is 0.576. The van der Waals surface area contributed by atoms with Crippen molar-refractivity contribution in [2.75, 3.05) is 25.0 Å². The molecule has 1 aromatic heterocycles. The zero-order valence-electron chi connectivity index (χ0n) is 21.6. The van der Waals surface area contributed by atoms with Gasteiger partial charge in [0.15, 0.2) is 0 Å². The first kappa shape index (κ1) is 27.6. The molecule has 8 nitrogen and oxygen atoms in total. The van der Waals surface area contributed by atoms with E-state index in [4.69, 9.17) is 4.74 Å². The molecular weight excluding hydrogens is 610 g/mol. The first-order valence-corrected chi connectivity index (χ1v) is 14.1. The second kappa shape index (κ2) is 10.4. The molecule has 1 aromatic carbocycles. The van der Waals surface area contributed by atoms with Crippen molar-refractivity contribution in [3.8, 4) is 0 Å². The lowest BCUT2D eigenvalue weighted by Gasteiger charge is -2.24. The molecule has 1 atom stereocenters. The average molecular weight is 643 g/mol. The lowest BCUT2D eigenvalue weighted by molar-refractivity contribution is 0.0502. The Morgan fingerprint density at radius 3 is 2.70 bits per heavy atom. The van der Waals surface area contributed by atoms with Crippen LogP contribution in [0.1, 0.15) is 66.6 Å². The maximum atomic E-state index is 14.7. The van der Waals surface area contributed by atoms with Crippen LogP contribution in [-0.4, -0.2) is 54.1 Å². The van der Waals surface area contributed by atoms with Crippen molar-refractivity contribution in [2.45, 2.75) is 59.1 Å². The maximum Gasteiger partial charge on any atom is 0.407 e. The molecule has 3 N–H and O–H groups in total. The van der Waals surface area contributed by atoms with Gasteiger partial charge in [-0.1, -0.05) is 13.8 Å². The third-order valence-corrected chi connectivity index (χ3v) is 8.00. The Labute approximate surface area is 233 Å². The van der Waals surface area contributed by atoms with Crippen molar-refractivity contribution in [1.82, 2.24) is 15.5 Å². The van der Waals surface area contributed by atoms with Gasteiger partial charge in [0.05, 0.1) is 22.2 Å². The fraction of sp³-hybridized carbons (Fsp3) is 0.500. The average Bonchev–Trinajstić information content (AvgIpc) is 3.34. The van der Waals surface area contributed by atoms with E-state index in [1.54, 1.807) is 37.8 Å². The number of halogens is 2. The van der Waals surface area contributed by atoms with Crippen LogP contribution in [0.15, 0.2) is 18.2 Å². The Bertz CT molecular complexity index is 1240. The molecule has 0 radical (unpaired) electrons. The minimum Gasteiger partial charge on any atom is -0.444 e. The highest BCUT2D eigenvalue weighted by molar-refractivity contribution is 14.1. The molecule has 0 spiro atoms. The summed E-state index contributed by atoms with van der Waals surface area (Å²) in [5, 5.41) is 9.32. The molecule has 37 heavy (non-hydrogen) atoms. The van der Waals surface area contributed by atoms with E-state index in [2.05, 4.69) is 16.0 Å². The monoisotopic (exact) mass is 642 g/mol. The van der Waals surface area contributed by atoms with E-state index >= 15 is 0 Å². The van der Waals surface area contributed by atoms with Crippen LogP contribution < -0.4 is 16.0 Å². The molecule has 1 fully saturated rings. The number of hydrogen-bond donors (Lipinski definition) is 3. The predicted molar refractivity (Wildman–Crippen MR) is 150 cm³/mol. The first-order chi connectivity index (χ1) is 17.2. The quantitative estimate of drug-likeness (QED) is 0.394. The van der Waals surface area contributed by atoms with Crippen LogP contribution in [-0.2, 0) is 11.2 Å². The Morgan fingerprint density at radius 2 is 2.03 bits per heavy atom. The lowest BCUT2D eigenvalue weighted by Crippen LogP contribution is -2.41. The summed E-state index contributed by atoms with van der Waals surface area (Å²) >= 11 is 3.20. The van der Waals surface area contributed by atoms with E-state index in [1.807, 2.05) is 36.4 Å². The van der Waals surface area contributed by atoms with Crippen LogP contribution in [0.5, 0.6) is 0 Å². The zero-order chi connectivity index (χ0) is 27.1. The van der Waals surface area contributed by atoms with Gasteiger partial charge in [-0.15, -0.1) is 11.3 Å². The van der Waals surface area contributed by atoms with Crippen LogP contribution >= 0.6 is 33.9 Å². The molecule has 1 saturated heterocycles. The van der Waals surface area contributed by atoms with Crippen molar-refractivity contribution in [3.63, 3.8) is 0 Å². The Morgan fingerprint density at radius 1 is 1.30 bits per heavy atom. The summed E-state index contributed by atoms with van der Waals surface area (Å²) in [5.74, 6) is -0.923. The van der Waals surface area contributed by atoms with Gasteiger partial charge in [0.25, 0.3) is 11.8 Å². The van der Waals surface area contributed by atoms with E-state index in [9.17, 15) is 18.8 Å². The van der Waals surface area contributed by atoms with Gasteiger partial charge in [-0.05, 0) is 85.4 Å². The number of carbonyl (C=O) groups is 3. The number of benzene rings is 1. The smallest absolute Gasteiger partial charge is 0.407 e. The van der Waals surface area contributed by atoms with E-state index in [1.165, 1.54) is 17.4 Å². The standard InChI is InChI=1S/C26H32FIN4O4S/c1-25(2,3)36-24(35)30-15-8-9-32(12-15)23(34)19-16-11-26(4,5)13-29-21(33)20(16)37-22(19)31-18-7-6-14(28)10-17(18)27/h6-7,10,15,31H,8-9,11-13H2,1-5H3,(H,29,33)(H,30,35)/t15-/m1/s1. The van der Waals surface area contributed by atoms with Gasteiger partial charge in [-0.2, -0.15) is 0 Å². The zero-order valence-corrected chi connectivity index (χ0v) is 24.6. The highest BCUT2D eigenvalue weighted by Crippen LogP contribution is 2.41. The number of rotatable bonds is 4. The topological polar surface area (TPSA) is 99.8 Å². The van der Waals surface area contributed by atoms with E-state index in [-0.39, 0.29) is 29.0 Å². The molecule has 0 saturated carbocycles. The number of alkyl carbamates (subject to hydrolysis) is 1. The van der Waals surface area contributed by atoms with Gasteiger partial charge < -0.3 is 25.6 Å². The highest BCUT2D eigenvalue weighted by Gasteiger charge is 2.38. The van der Waals surface area contributed by atoms with E-state index in [0.29, 0.717) is 53.5 Å². The Hall–Kier alpha value is -2.41. The number of likely N-dealkylation sites (tertiary alicyclic amines) is 1. The summed E-state index contributed by atoms with van der Waals surface area (Å²) in [5.41, 5.74) is 0.406. The van der Waals surface area contributed by atoms with Crippen molar-refractivity contribution >= 4 is 62.5 Å². The van der Waals surface area contributed by atoms with Crippen LogP contribution in [0.4, 0.5) is 19.9 Å². The molecule has 3 amide bonds. The van der Waals surface area contributed by atoms with Crippen LogP contribution in [0, 0.1) is 14.8 Å². The predicted octanol–water partition coefficient (Wildman–Crippen LogP) is 5.29. The number of fused-ring (bicyclic) bond motifs is 1.